The highest BCUT2D eigenvalue weighted by Gasteiger charge is 2.19. The van der Waals surface area contributed by atoms with E-state index in [9.17, 15) is 14.0 Å². The number of carbonyl (C=O) groups is 1. The molecule has 0 radical (unpaired) electrons. The predicted octanol–water partition coefficient (Wildman–Crippen LogP) is 4.33. The van der Waals surface area contributed by atoms with Gasteiger partial charge in [-0.25, -0.2) is 14.4 Å². The lowest BCUT2D eigenvalue weighted by molar-refractivity contribution is -0.143. The zero-order chi connectivity index (χ0) is 22.5. The van der Waals surface area contributed by atoms with Crippen LogP contribution >= 0.6 is 0 Å². The van der Waals surface area contributed by atoms with Crippen LogP contribution in [-0.2, 0) is 16.1 Å². The van der Waals surface area contributed by atoms with Crippen LogP contribution in [0, 0.1) is 5.82 Å². The highest BCUT2D eigenvalue weighted by Crippen LogP contribution is 2.22. The van der Waals surface area contributed by atoms with Gasteiger partial charge in [-0.2, -0.15) is 0 Å². The zero-order valence-corrected chi connectivity index (χ0v) is 17.4. The Morgan fingerprint density at radius 3 is 2.50 bits per heavy atom. The van der Waals surface area contributed by atoms with Crippen LogP contribution < -0.4 is 5.56 Å². The number of pyridine rings is 1. The molecule has 0 saturated heterocycles. The number of halogens is 1. The van der Waals surface area contributed by atoms with Gasteiger partial charge >= 0.3 is 5.97 Å². The van der Waals surface area contributed by atoms with Crippen LogP contribution in [0.25, 0.3) is 34.6 Å². The fraction of sp³-hybridized carbons (Fsp3) is 0.120. The van der Waals surface area contributed by atoms with Gasteiger partial charge in [0.15, 0.2) is 5.52 Å². The van der Waals surface area contributed by atoms with E-state index in [0.717, 1.165) is 10.1 Å². The van der Waals surface area contributed by atoms with Crippen LogP contribution in [0.15, 0.2) is 71.5 Å². The summed E-state index contributed by atoms with van der Waals surface area (Å²) in [5.41, 5.74) is 1.51. The Morgan fingerprint density at radius 2 is 1.75 bits per heavy atom. The highest BCUT2D eigenvalue weighted by atomic mass is 19.1. The Kier molecular flexibility index (Phi) is 6.17. The number of aromatic nitrogens is 3. The van der Waals surface area contributed by atoms with Crippen molar-refractivity contribution in [1.82, 2.24) is 14.5 Å². The lowest BCUT2D eigenvalue weighted by Gasteiger charge is -2.13. The zero-order valence-electron chi connectivity index (χ0n) is 17.4. The van der Waals surface area contributed by atoms with E-state index in [0.29, 0.717) is 11.2 Å². The van der Waals surface area contributed by atoms with E-state index in [2.05, 4.69) is 9.97 Å². The van der Waals surface area contributed by atoms with Gasteiger partial charge in [0, 0.05) is 0 Å². The van der Waals surface area contributed by atoms with Gasteiger partial charge in [-0.05, 0) is 42.8 Å². The number of nitrogens with zero attached hydrogens (tertiary/aromatic N) is 3. The molecule has 0 atom stereocenters. The number of benzene rings is 2. The Bertz CT molecular complexity index is 1360. The first-order valence-electron chi connectivity index (χ1n) is 10.1. The Labute approximate surface area is 183 Å². The Balaban J connectivity index is 1.85. The summed E-state index contributed by atoms with van der Waals surface area (Å²) in [7, 11) is 0. The molecule has 0 spiro atoms. The molecule has 160 valence electrons. The van der Waals surface area contributed by atoms with E-state index >= 15 is 0 Å². The monoisotopic (exact) mass is 429 g/mol. The third-order valence-corrected chi connectivity index (χ3v) is 4.78. The van der Waals surface area contributed by atoms with E-state index in [4.69, 9.17) is 4.74 Å². The van der Waals surface area contributed by atoms with Gasteiger partial charge in [0.05, 0.1) is 23.4 Å². The van der Waals surface area contributed by atoms with Gasteiger partial charge in [0.1, 0.15) is 18.2 Å². The first-order chi connectivity index (χ1) is 15.6. The molecule has 32 heavy (non-hydrogen) atoms. The molecule has 6 nitrogen and oxygen atoms in total. The second kappa shape index (κ2) is 9.34. The average molecular weight is 429 g/mol. The van der Waals surface area contributed by atoms with Crippen molar-refractivity contribution in [1.29, 1.82) is 0 Å². The molecule has 4 rings (SSSR count). The van der Waals surface area contributed by atoms with Gasteiger partial charge in [-0.3, -0.25) is 14.2 Å². The molecule has 2 aromatic heterocycles. The third-order valence-electron chi connectivity index (χ3n) is 4.78. The average Bonchev–Trinajstić information content (AvgIpc) is 2.81. The molecular formula is C25H20FN3O3. The maximum Gasteiger partial charge on any atom is 0.326 e. The normalized spacial score (nSPS) is 11.2. The lowest BCUT2D eigenvalue weighted by Crippen LogP contribution is -2.29. The van der Waals surface area contributed by atoms with E-state index in [1.165, 1.54) is 12.1 Å². The van der Waals surface area contributed by atoms with Crippen molar-refractivity contribution in [2.45, 2.75) is 13.5 Å². The summed E-state index contributed by atoms with van der Waals surface area (Å²) in [5.74, 6) is -1.12. The maximum absolute atomic E-state index is 14.5. The number of ether oxygens (including phenoxy) is 1. The molecule has 2 aromatic carbocycles. The molecule has 0 unspecified atom stereocenters. The molecule has 0 amide bonds. The van der Waals surface area contributed by atoms with Gasteiger partial charge in [0.25, 0.3) is 5.56 Å². The van der Waals surface area contributed by atoms with Crippen LogP contribution in [0.2, 0.25) is 0 Å². The summed E-state index contributed by atoms with van der Waals surface area (Å²) in [6, 6.07) is 19.0. The minimum Gasteiger partial charge on any atom is -0.465 e. The van der Waals surface area contributed by atoms with Crippen LogP contribution in [0.1, 0.15) is 18.2 Å². The second-order valence-electron chi connectivity index (χ2n) is 6.96. The summed E-state index contributed by atoms with van der Waals surface area (Å²) < 4.78 is 20.6. The van der Waals surface area contributed by atoms with Gasteiger partial charge in [-0.1, -0.05) is 48.5 Å². The van der Waals surface area contributed by atoms with Crippen LogP contribution in [0.5, 0.6) is 0 Å². The predicted molar refractivity (Wildman–Crippen MR) is 121 cm³/mol. The number of esters is 1. The summed E-state index contributed by atoms with van der Waals surface area (Å²) in [4.78, 5) is 34.4. The maximum atomic E-state index is 14.5. The highest BCUT2D eigenvalue weighted by molar-refractivity contribution is 5.80. The molecule has 0 bridgehead atoms. The summed E-state index contributed by atoms with van der Waals surface area (Å²) in [6.07, 6.45) is 3.67. The molecule has 0 saturated carbocycles. The molecule has 2 heterocycles. The lowest BCUT2D eigenvalue weighted by atomic mass is 10.1. The van der Waals surface area contributed by atoms with Gasteiger partial charge in [-0.15, -0.1) is 0 Å². The molecular weight excluding hydrogens is 409 g/mol. The fourth-order valence-corrected chi connectivity index (χ4v) is 3.28. The summed E-state index contributed by atoms with van der Waals surface area (Å²) in [5, 5.41) is 0. The standard InChI is InChI=1S/C25H20FN3O3/c1-2-32-22(30)16-29-24(19-10-6-7-11-20(19)26)28-21-15-14-18(27-23(21)25(29)31)13-12-17-8-4-3-5-9-17/h3-15H,2,16H2,1H3/b13-12+. The number of rotatable bonds is 6. The summed E-state index contributed by atoms with van der Waals surface area (Å²) >= 11 is 0. The van der Waals surface area contributed by atoms with Gasteiger partial charge < -0.3 is 4.74 Å². The van der Waals surface area contributed by atoms with Crippen LogP contribution in [0.4, 0.5) is 4.39 Å². The molecule has 0 fully saturated rings. The smallest absolute Gasteiger partial charge is 0.326 e. The summed E-state index contributed by atoms with van der Waals surface area (Å²) in [6.45, 7) is 1.44. The third kappa shape index (κ3) is 4.46. The first kappa shape index (κ1) is 21.1. The topological polar surface area (TPSA) is 74.1 Å². The van der Waals surface area contributed by atoms with Crippen LogP contribution in [-0.4, -0.2) is 27.1 Å². The first-order valence-corrected chi connectivity index (χ1v) is 10.1. The van der Waals surface area contributed by atoms with Crippen molar-refractivity contribution >= 4 is 29.2 Å². The molecule has 4 aromatic rings. The van der Waals surface area contributed by atoms with Crippen molar-refractivity contribution < 1.29 is 13.9 Å². The molecule has 7 heteroatoms. The van der Waals surface area contributed by atoms with Crippen molar-refractivity contribution in [2.24, 2.45) is 0 Å². The van der Waals surface area contributed by atoms with E-state index < -0.39 is 23.9 Å². The van der Waals surface area contributed by atoms with Crippen molar-refractivity contribution in [3.05, 3.63) is 94.2 Å². The van der Waals surface area contributed by atoms with Crippen molar-refractivity contribution in [2.75, 3.05) is 6.61 Å². The van der Waals surface area contributed by atoms with Gasteiger partial charge in [0.2, 0.25) is 0 Å². The van der Waals surface area contributed by atoms with E-state index in [1.54, 1.807) is 37.3 Å². The SMILES string of the molecule is CCOC(=O)Cn1c(-c2ccccc2F)nc2ccc(/C=C/c3ccccc3)nc2c1=O. The number of hydrogen-bond acceptors (Lipinski definition) is 5. The molecule has 0 aliphatic rings. The fourth-order valence-electron chi connectivity index (χ4n) is 3.28. The number of carbonyl (C=O) groups excluding carboxylic acids is 1. The molecule has 0 N–H and O–H groups in total. The van der Waals surface area contributed by atoms with E-state index in [1.807, 2.05) is 36.4 Å². The minimum atomic E-state index is -0.617. The number of fused-ring (bicyclic) bond motifs is 1. The van der Waals surface area contributed by atoms with Crippen LogP contribution in [0.3, 0.4) is 0 Å². The largest absolute Gasteiger partial charge is 0.465 e. The van der Waals surface area contributed by atoms with Crippen molar-refractivity contribution in [3.8, 4) is 11.4 Å². The minimum absolute atomic E-state index is 0.0445. The quantitative estimate of drug-likeness (QED) is 0.427. The van der Waals surface area contributed by atoms with E-state index in [-0.39, 0.29) is 23.5 Å². The molecule has 0 aliphatic carbocycles. The number of hydrogen-bond donors (Lipinski definition) is 0. The Morgan fingerprint density at radius 1 is 1.00 bits per heavy atom. The van der Waals surface area contributed by atoms with Crippen molar-refractivity contribution in [3.63, 3.8) is 0 Å². The Hall–Kier alpha value is -4.13. The molecule has 0 aliphatic heterocycles. The second-order valence-corrected chi connectivity index (χ2v) is 6.96.